The maximum Gasteiger partial charge on any atom is 0.319 e. The van der Waals surface area contributed by atoms with E-state index in [4.69, 9.17) is 0 Å². The summed E-state index contributed by atoms with van der Waals surface area (Å²) in [6.07, 6.45) is 4.37. The molecule has 2 heterocycles. The summed E-state index contributed by atoms with van der Waals surface area (Å²) in [7, 11) is 0. The highest BCUT2D eigenvalue weighted by molar-refractivity contribution is 7.99. The van der Waals surface area contributed by atoms with Gasteiger partial charge in [-0.2, -0.15) is 11.8 Å². The van der Waals surface area contributed by atoms with E-state index in [0.29, 0.717) is 6.04 Å². The van der Waals surface area contributed by atoms with Crippen molar-refractivity contribution in [1.29, 1.82) is 0 Å². The van der Waals surface area contributed by atoms with E-state index < -0.39 is 0 Å². The van der Waals surface area contributed by atoms with Crippen molar-refractivity contribution < 1.29 is 4.79 Å². The minimum absolute atomic E-state index is 0.143. The Kier molecular flexibility index (Phi) is 3.45. The van der Waals surface area contributed by atoms with Crippen molar-refractivity contribution in [2.45, 2.75) is 12.5 Å². The first-order chi connectivity index (χ1) is 7.34. The molecule has 1 aromatic heterocycles. The van der Waals surface area contributed by atoms with Crippen LogP contribution < -0.4 is 10.6 Å². The molecule has 1 fully saturated rings. The van der Waals surface area contributed by atoms with Gasteiger partial charge < -0.3 is 10.6 Å². The van der Waals surface area contributed by atoms with Crippen molar-refractivity contribution in [3.05, 3.63) is 24.5 Å². The topological polar surface area (TPSA) is 54.0 Å². The summed E-state index contributed by atoms with van der Waals surface area (Å²) >= 11 is 1.88. The Balaban J connectivity index is 1.82. The highest BCUT2D eigenvalue weighted by Crippen LogP contribution is 2.17. The first-order valence-corrected chi connectivity index (χ1v) is 6.05. The third-order valence-corrected chi connectivity index (χ3v) is 3.35. The van der Waals surface area contributed by atoms with Gasteiger partial charge in [0.05, 0.1) is 11.9 Å². The lowest BCUT2D eigenvalue weighted by molar-refractivity contribution is 0.249. The minimum Gasteiger partial charge on any atom is -0.334 e. The van der Waals surface area contributed by atoms with E-state index in [0.717, 1.165) is 23.6 Å². The number of amides is 2. The number of carbonyl (C=O) groups is 1. The number of aromatic nitrogens is 1. The van der Waals surface area contributed by atoms with Crippen LogP contribution in [0.3, 0.4) is 0 Å². The lowest BCUT2D eigenvalue weighted by atomic mass is 10.3. The van der Waals surface area contributed by atoms with E-state index in [-0.39, 0.29) is 6.03 Å². The van der Waals surface area contributed by atoms with Gasteiger partial charge in [0, 0.05) is 18.0 Å². The van der Waals surface area contributed by atoms with Crippen LogP contribution in [-0.2, 0) is 0 Å². The maximum atomic E-state index is 11.5. The number of pyridine rings is 1. The summed E-state index contributed by atoms with van der Waals surface area (Å²) < 4.78 is 0. The molecular weight excluding hydrogens is 210 g/mol. The number of nitrogens with one attached hydrogen (secondary N) is 2. The van der Waals surface area contributed by atoms with Gasteiger partial charge in [0.1, 0.15) is 0 Å². The van der Waals surface area contributed by atoms with Gasteiger partial charge in [-0.05, 0) is 24.3 Å². The Hall–Kier alpha value is -1.23. The van der Waals surface area contributed by atoms with E-state index >= 15 is 0 Å². The molecule has 80 valence electrons. The quantitative estimate of drug-likeness (QED) is 0.802. The highest BCUT2D eigenvalue weighted by Gasteiger charge is 2.17. The minimum atomic E-state index is -0.143. The monoisotopic (exact) mass is 223 g/mol. The lowest BCUT2D eigenvalue weighted by Gasteiger charge is -2.11. The SMILES string of the molecule is O=C(Nc1cccnc1)NC1CCSC1. The maximum absolute atomic E-state index is 11.5. The molecular formula is C10H13N3OS. The molecule has 0 radical (unpaired) electrons. The molecule has 1 aliphatic heterocycles. The summed E-state index contributed by atoms with van der Waals surface area (Å²) in [6.45, 7) is 0. The van der Waals surface area contributed by atoms with E-state index in [1.165, 1.54) is 0 Å². The van der Waals surface area contributed by atoms with Crippen molar-refractivity contribution in [3.63, 3.8) is 0 Å². The molecule has 1 aliphatic rings. The number of carbonyl (C=O) groups excluding carboxylic acids is 1. The van der Waals surface area contributed by atoms with Gasteiger partial charge in [-0.1, -0.05) is 0 Å². The van der Waals surface area contributed by atoms with Crippen LogP contribution in [0.5, 0.6) is 0 Å². The van der Waals surface area contributed by atoms with Gasteiger partial charge in [0.25, 0.3) is 0 Å². The van der Waals surface area contributed by atoms with Crippen LogP contribution in [0.4, 0.5) is 10.5 Å². The van der Waals surface area contributed by atoms with E-state index in [1.54, 1.807) is 18.5 Å². The summed E-state index contributed by atoms with van der Waals surface area (Å²) in [4.78, 5) is 15.4. The number of thioether (sulfide) groups is 1. The fourth-order valence-corrected chi connectivity index (χ4v) is 2.59. The number of rotatable bonds is 2. The molecule has 1 atom stereocenters. The average molecular weight is 223 g/mol. The van der Waals surface area contributed by atoms with Gasteiger partial charge >= 0.3 is 6.03 Å². The van der Waals surface area contributed by atoms with Gasteiger partial charge in [0.15, 0.2) is 0 Å². The predicted octanol–water partition coefficient (Wildman–Crippen LogP) is 1.71. The van der Waals surface area contributed by atoms with Crippen LogP contribution in [-0.4, -0.2) is 28.6 Å². The molecule has 1 unspecified atom stereocenters. The molecule has 2 rings (SSSR count). The van der Waals surface area contributed by atoms with Crippen molar-refractivity contribution in [2.24, 2.45) is 0 Å². The fourth-order valence-electron chi connectivity index (χ4n) is 1.44. The predicted molar refractivity (Wildman–Crippen MR) is 62.1 cm³/mol. The van der Waals surface area contributed by atoms with Crippen molar-refractivity contribution in [2.75, 3.05) is 16.8 Å². The van der Waals surface area contributed by atoms with Gasteiger partial charge in [-0.3, -0.25) is 4.98 Å². The molecule has 0 spiro atoms. The fraction of sp³-hybridized carbons (Fsp3) is 0.400. The Morgan fingerprint density at radius 3 is 3.20 bits per heavy atom. The normalized spacial score (nSPS) is 19.9. The molecule has 0 saturated carbocycles. The Labute approximate surface area is 92.9 Å². The van der Waals surface area contributed by atoms with Gasteiger partial charge in [-0.25, -0.2) is 4.79 Å². The Bertz CT molecular complexity index is 325. The van der Waals surface area contributed by atoms with Crippen LogP contribution >= 0.6 is 11.8 Å². The Morgan fingerprint density at radius 1 is 1.60 bits per heavy atom. The summed E-state index contributed by atoms with van der Waals surface area (Å²) in [5.41, 5.74) is 0.723. The van der Waals surface area contributed by atoms with Crippen molar-refractivity contribution >= 4 is 23.5 Å². The van der Waals surface area contributed by atoms with Crippen LogP contribution in [0, 0.1) is 0 Å². The van der Waals surface area contributed by atoms with Gasteiger partial charge in [-0.15, -0.1) is 0 Å². The molecule has 1 saturated heterocycles. The zero-order valence-corrected chi connectivity index (χ0v) is 9.09. The zero-order valence-electron chi connectivity index (χ0n) is 8.27. The van der Waals surface area contributed by atoms with Gasteiger partial charge in [0.2, 0.25) is 0 Å². The first-order valence-electron chi connectivity index (χ1n) is 4.90. The molecule has 0 aromatic carbocycles. The largest absolute Gasteiger partial charge is 0.334 e. The third-order valence-electron chi connectivity index (χ3n) is 2.18. The molecule has 1 aromatic rings. The van der Waals surface area contributed by atoms with Crippen LogP contribution in [0.1, 0.15) is 6.42 Å². The summed E-state index contributed by atoms with van der Waals surface area (Å²) in [5.74, 6) is 2.15. The number of urea groups is 1. The summed E-state index contributed by atoms with van der Waals surface area (Å²) in [5, 5.41) is 5.68. The standard InChI is InChI=1S/C10H13N3OS/c14-10(13-9-3-5-15-7-9)12-8-2-1-4-11-6-8/h1-2,4,6,9H,3,5,7H2,(H2,12,13,14). The summed E-state index contributed by atoms with van der Waals surface area (Å²) in [6, 6.07) is 3.78. The molecule has 5 heteroatoms. The second-order valence-corrected chi connectivity index (χ2v) is 4.55. The van der Waals surface area contributed by atoms with E-state index in [1.807, 2.05) is 17.8 Å². The number of hydrogen-bond acceptors (Lipinski definition) is 3. The second-order valence-electron chi connectivity index (χ2n) is 3.40. The first kappa shape index (κ1) is 10.3. The third kappa shape index (κ3) is 3.13. The second kappa shape index (κ2) is 5.02. The lowest BCUT2D eigenvalue weighted by Crippen LogP contribution is -2.37. The molecule has 4 nitrogen and oxygen atoms in total. The molecule has 0 bridgehead atoms. The Morgan fingerprint density at radius 2 is 2.53 bits per heavy atom. The van der Waals surface area contributed by atoms with Crippen LogP contribution in [0.25, 0.3) is 0 Å². The number of anilines is 1. The van der Waals surface area contributed by atoms with E-state index in [2.05, 4.69) is 15.6 Å². The van der Waals surface area contributed by atoms with Crippen LogP contribution in [0.2, 0.25) is 0 Å². The smallest absolute Gasteiger partial charge is 0.319 e. The van der Waals surface area contributed by atoms with Crippen LogP contribution in [0.15, 0.2) is 24.5 Å². The highest BCUT2D eigenvalue weighted by atomic mass is 32.2. The van der Waals surface area contributed by atoms with E-state index in [9.17, 15) is 4.79 Å². The van der Waals surface area contributed by atoms with Crippen molar-refractivity contribution in [1.82, 2.24) is 10.3 Å². The molecule has 2 amide bonds. The van der Waals surface area contributed by atoms with Crippen molar-refractivity contribution in [3.8, 4) is 0 Å². The average Bonchev–Trinajstić information content (AvgIpc) is 2.71. The molecule has 15 heavy (non-hydrogen) atoms. The number of nitrogens with zero attached hydrogens (tertiary/aromatic N) is 1. The molecule has 2 N–H and O–H groups in total. The zero-order chi connectivity index (χ0) is 10.5. The molecule has 0 aliphatic carbocycles. The number of hydrogen-bond donors (Lipinski definition) is 2.